The Bertz CT molecular complexity index is 364. The van der Waals surface area contributed by atoms with Gasteiger partial charge >= 0.3 is 5.97 Å². The molecule has 0 aromatic heterocycles. The topological polar surface area (TPSA) is 40.5 Å². The zero-order valence-electron chi connectivity index (χ0n) is 9.52. The maximum absolute atomic E-state index is 10.5. The van der Waals surface area contributed by atoms with Gasteiger partial charge in [0.15, 0.2) is 0 Å². The van der Waals surface area contributed by atoms with Crippen LogP contribution in [0.4, 0.5) is 0 Å². The molecule has 0 spiro atoms. The van der Waals surface area contributed by atoms with Crippen LogP contribution in [0.2, 0.25) is 0 Å². The molecule has 1 N–H and O–H groups in total. The van der Waals surface area contributed by atoms with Crippen LogP contribution >= 0.6 is 0 Å². The molecule has 16 heavy (non-hydrogen) atoms. The lowest BCUT2D eigenvalue weighted by Gasteiger charge is -2.23. The van der Waals surface area contributed by atoms with Crippen molar-refractivity contribution in [1.29, 1.82) is 0 Å². The Morgan fingerprint density at radius 2 is 1.94 bits per heavy atom. The average molecular weight is 219 g/mol. The molecular weight excluding hydrogens is 202 g/mol. The van der Waals surface area contributed by atoms with Crippen LogP contribution in [0.3, 0.4) is 0 Å². The Hall–Kier alpha value is -1.35. The molecule has 0 amide bonds. The molecule has 0 radical (unpaired) electrons. The van der Waals surface area contributed by atoms with Gasteiger partial charge in [0.25, 0.3) is 0 Å². The molecular formula is C13H17NO2. The molecule has 0 saturated carbocycles. The summed E-state index contributed by atoms with van der Waals surface area (Å²) in [6, 6.07) is 8.76. The zero-order valence-corrected chi connectivity index (χ0v) is 9.52. The van der Waals surface area contributed by atoms with Crippen molar-refractivity contribution in [2.24, 2.45) is 0 Å². The van der Waals surface area contributed by atoms with Gasteiger partial charge in [0.1, 0.15) is 0 Å². The first kappa shape index (κ1) is 11.1. The molecule has 0 saturated heterocycles. The second kappa shape index (κ2) is 4.66. The van der Waals surface area contributed by atoms with Gasteiger partial charge in [0.2, 0.25) is 0 Å². The Morgan fingerprint density at radius 1 is 1.38 bits per heavy atom. The lowest BCUT2D eigenvalue weighted by Crippen LogP contribution is -2.28. The van der Waals surface area contributed by atoms with Crippen molar-refractivity contribution in [3.8, 4) is 0 Å². The smallest absolute Gasteiger partial charge is 0.303 e. The van der Waals surface area contributed by atoms with Crippen molar-refractivity contribution in [2.45, 2.75) is 38.9 Å². The molecule has 1 unspecified atom stereocenters. The third-order valence-corrected chi connectivity index (χ3v) is 3.26. The van der Waals surface area contributed by atoms with E-state index in [0.717, 1.165) is 19.5 Å². The predicted octanol–water partition coefficient (Wildman–Crippen LogP) is 2.26. The highest BCUT2D eigenvalue weighted by atomic mass is 16.4. The van der Waals surface area contributed by atoms with Gasteiger partial charge in [-0.25, -0.2) is 0 Å². The summed E-state index contributed by atoms with van der Waals surface area (Å²) in [6.45, 7) is 4.02. The first-order valence-electron chi connectivity index (χ1n) is 5.69. The summed E-state index contributed by atoms with van der Waals surface area (Å²) < 4.78 is 0. The van der Waals surface area contributed by atoms with E-state index in [2.05, 4.69) is 36.1 Å². The number of benzene rings is 1. The van der Waals surface area contributed by atoms with Gasteiger partial charge in [-0.05, 0) is 24.5 Å². The predicted molar refractivity (Wildman–Crippen MR) is 62.0 cm³/mol. The molecule has 1 aliphatic heterocycles. The van der Waals surface area contributed by atoms with E-state index in [1.807, 2.05) is 0 Å². The fraction of sp³-hybridized carbons (Fsp3) is 0.462. The van der Waals surface area contributed by atoms with Gasteiger partial charge in [0.05, 0.1) is 0 Å². The summed E-state index contributed by atoms with van der Waals surface area (Å²) in [4.78, 5) is 12.9. The van der Waals surface area contributed by atoms with E-state index in [1.54, 1.807) is 0 Å². The number of rotatable bonds is 4. The van der Waals surface area contributed by atoms with Gasteiger partial charge in [-0.3, -0.25) is 9.69 Å². The Labute approximate surface area is 95.7 Å². The van der Waals surface area contributed by atoms with Crippen molar-refractivity contribution in [2.75, 3.05) is 0 Å². The fourth-order valence-corrected chi connectivity index (χ4v) is 2.19. The molecule has 2 rings (SSSR count). The molecule has 1 atom stereocenters. The third kappa shape index (κ3) is 2.42. The molecule has 3 nitrogen and oxygen atoms in total. The van der Waals surface area contributed by atoms with Gasteiger partial charge in [0, 0.05) is 25.6 Å². The number of hydrogen-bond donors (Lipinski definition) is 1. The van der Waals surface area contributed by atoms with Gasteiger partial charge in [-0.1, -0.05) is 24.3 Å². The summed E-state index contributed by atoms with van der Waals surface area (Å²) in [5.74, 6) is -0.705. The van der Waals surface area contributed by atoms with E-state index in [4.69, 9.17) is 5.11 Å². The summed E-state index contributed by atoms with van der Waals surface area (Å²) in [7, 11) is 0. The van der Waals surface area contributed by atoms with Crippen LogP contribution in [0.5, 0.6) is 0 Å². The van der Waals surface area contributed by atoms with E-state index < -0.39 is 5.97 Å². The Kier molecular flexibility index (Phi) is 3.25. The summed E-state index contributed by atoms with van der Waals surface area (Å²) >= 11 is 0. The third-order valence-electron chi connectivity index (χ3n) is 3.26. The van der Waals surface area contributed by atoms with Crippen molar-refractivity contribution >= 4 is 5.97 Å². The number of carbonyl (C=O) groups is 1. The first-order chi connectivity index (χ1) is 7.66. The quantitative estimate of drug-likeness (QED) is 0.844. The number of aliphatic carboxylic acids is 1. The second-order valence-corrected chi connectivity index (χ2v) is 4.46. The fourth-order valence-electron chi connectivity index (χ4n) is 2.19. The lowest BCUT2D eigenvalue weighted by atomic mass is 10.1. The van der Waals surface area contributed by atoms with Crippen LogP contribution in [0.15, 0.2) is 24.3 Å². The highest BCUT2D eigenvalue weighted by Crippen LogP contribution is 2.25. The number of carboxylic acids is 1. The van der Waals surface area contributed by atoms with Gasteiger partial charge < -0.3 is 5.11 Å². The molecule has 1 aliphatic rings. The minimum absolute atomic E-state index is 0.258. The molecule has 86 valence electrons. The molecule has 0 fully saturated rings. The van der Waals surface area contributed by atoms with Gasteiger partial charge in [-0.2, -0.15) is 0 Å². The summed E-state index contributed by atoms with van der Waals surface area (Å²) in [5, 5.41) is 8.66. The van der Waals surface area contributed by atoms with E-state index in [1.165, 1.54) is 11.1 Å². The number of fused-ring (bicyclic) bond motifs is 1. The molecule has 3 heteroatoms. The van der Waals surface area contributed by atoms with Crippen LogP contribution in [-0.2, 0) is 17.9 Å². The van der Waals surface area contributed by atoms with Crippen molar-refractivity contribution in [1.82, 2.24) is 4.90 Å². The summed E-state index contributed by atoms with van der Waals surface area (Å²) in [5.41, 5.74) is 2.76. The highest BCUT2D eigenvalue weighted by Gasteiger charge is 2.22. The Morgan fingerprint density at radius 3 is 2.44 bits per heavy atom. The van der Waals surface area contributed by atoms with E-state index in [-0.39, 0.29) is 6.42 Å². The Balaban J connectivity index is 1.93. The van der Waals surface area contributed by atoms with E-state index in [9.17, 15) is 4.79 Å². The van der Waals surface area contributed by atoms with Crippen molar-refractivity contribution in [3.05, 3.63) is 35.4 Å². The molecule has 0 aliphatic carbocycles. The maximum Gasteiger partial charge on any atom is 0.303 e. The first-order valence-corrected chi connectivity index (χ1v) is 5.69. The summed E-state index contributed by atoms with van der Waals surface area (Å²) in [6.07, 6.45) is 0.983. The average Bonchev–Trinajstić information content (AvgIpc) is 2.69. The second-order valence-electron chi connectivity index (χ2n) is 4.46. The van der Waals surface area contributed by atoms with Crippen molar-refractivity contribution in [3.63, 3.8) is 0 Å². The van der Waals surface area contributed by atoms with Crippen molar-refractivity contribution < 1.29 is 9.90 Å². The van der Waals surface area contributed by atoms with E-state index in [0.29, 0.717) is 6.04 Å². The molecule has 1 heterocycles. The highest BCUT2D eigenvalue weighted by molar-refractivity contribution is 5.66. The number of hydrogen-bond acceptors (Lipinski definition) is 2. The zero-order chi connectivity index (χ0) is 11.5. The van der Waals surface area contributed by atoms with Gasteiger partial charge in [-0.15, -0.1) is 0 Å². The van der Waals surface area contributed by atoms with Crippen LogP contribution in [0, 0.1) is 0 Å². The normalized spacial score (nSPS) is 17.1. The molecule has 1 aromatic carbocycles. The van der Waals surface area contributed by atoms with Crippen LogP contribution < -0.4 is 0 Å². The van der Waals surface area contributed by atoms with Crippen LogP contribution in [0.25, 0.3) is 0 Å². The maximum atomic E-state index is 10.5. The van der Waals surface area contributed by atoms with Crippen LogP contribution in [0.1, 0.15) is 30.9 Å². The number of nitrogens with zero attached hydrogens (tertiary/aromatic N) is 1. The van der Waals surface area contributed by atoms with Crippen LogP contribution in [-0.4, -0.2) is 22.0 Å². The lowest BCUT2D eigenvalue weighted by molar-refractivity contribution is -0.137. The van der Waals surface area contributed by atoms with E-state index >= 15 is 0 Å². The molecule has 1 aromatic rings. The minimum Gasteiger partial charge on any atom is -0.481 e. The molecule has 0 bridgehead atoms. The monoisotopic (exact) mass is 219 g/mol. The minimum atomic E-state index is -0.705. The number of carboxylic acid groups (broad SMARTS) is 1. The largest absolute Gasteiger partial charge is 0.481 e. The standard InChI is InChI=1S/C13H17NO2/c1-10(6-7-13(15)16)14-8-11-4-2-3-5-12(11)9-14/h2-5,10H,6-9H2,1H3,(H,15,16). The SMILES string of the molecule is CC(CCC(=O)O)N1Cc2ccccc2C1.